The number of ether oxygens (including phenoxy) is 2. The Morgan fingerprint density at radius 3 is 1.96 bits per heavy atom. The molecule has 0 heterocycles. The van der Waals surface area contributed by atoms with Crippen LogP contribution in [0.5, 0.6) is 0 Å². The number of hydrogen-bond donors (Lipinski definition) is 3. The molecule has 0 aliphatic heterocycles. The summed E-state index contributed by atoms with van der Waals surface area (Å²) in [6, 6.07) is 19.5. The number of esters is 1. The van der Waals surface area contributed by atoms with E-state index in [-0.39, 0.29) is 19.4 Å². The molecule has 3 aromatic rings. The van der Waals surface area contributed by atoms with Crippen LogP contribution in [0.1, 0.15) is 57.4 Å². The predicted octanol–water partition coefficient (Wildman–Crippen LogP) is 4.06. The third-order valence-electron chi connectivity index (χ3n) is 7.17. The SMILES string of the molecule is Cc1cc(C)c(C(=O)OCC(=O)C(=O)[C@H](CCCCN)NC(=O)[C@H](Cc2ccccc2)NC(=O)OCc2ccccc2)c(C)c1. The molecule has 3 rings (SSSR count). The van der Waals surface area contributed by atoms with E-state index in [0.717, 1.165) is 16.7 Å². The van der Waals surface area contributed by atoms with E-state index in [2.05, 4.69) is 10.6 Å². The number of unbranched alkanes of at least 4 members (excludes halogenated alkanes) is 1. The normalized spacial score (nSPS) is 12.0. The molecule has 45 heavy (non-hydrogen) atoms. The highest BCUT2D eigenvalue weighted by Gasteiger charge is 2.31. The molecule has 0 saturated heterocycles. The van der Waals surface area contributed by atoms with Crippen molar-refractivity contribution >= 4 is 29.5 Å². The number of amides is 2. The lowest BCUT2D eigenvalue weighted by Gasteiger charge is -2.23. The summed E-state index contributed by atoms with van der Waals surface area (Å²) < 4.78 is 10.5. The monoisotopic (exact) mass is 615 g/mol. The highest BCUT2D eigenvalue weighted by atomic mass is 16.5. The van der Waals surface area contributed by atoms with E-state index < -0.39 is 48.2 Å². The molecule has 0 fully saturated rings. The number of nitrogens with two attached hydrogens (primary N) is 1. The van der Waals surface area contributed by atoms with Gasteiger partial charge >= 0.3 is 12.1 Å². The van der Waals surface area contributed by atoms with E-state index in [9.17, 15) is 24.0 Å². The van der Waals surface area contributed by atoms with Crippen molar-refractivity contribution in [3.8, 4) is 0 Å². The number of alkyl carbamates (subject to hydrolysis) is 1. The third kappa shape index (κ3) is 11.0. The van der Waals surface area contributed by atoms with Crippen molar-refractivity contribution in [2.75, 3.05) is 13.2 Å². The van der Waals surface area contributed by atoms with Gasteiger partial charge in [0.25, 0.3) is 0 Å². The molecule has 10 nitrogen and oxygen atoms in total. The first-order chi connectivity index (χ1) is 21.6. The van der Waals surface area contributed by atoms with Crippen molar-refractivity contribution in [3.05, 3.63) is 106 Å². The number of hydrogen-bond acceptors (Lipinski definition) is 8. The van der Waals surface area contributed by atoms with Crippen LogP contribution in [0.3, 0.4) is 0 Å². The van der Waals surface area contributed by atoms with Crippen LogP contribution in [0, 0.1) is 20.8 Å². The summed E-state index contributed by atoms with van der Waals surface area (Å²) >= 11 is 0. The van der Waals surface area contributed by atoms with Crippen LogP contribution < -0.4 is 16.4 Å². The topological polar surface area (TPSA) is 154 Å². The second-order valence-electron chi connectivity index (χ2n) is 10.9. The summed E-state index contributed by atoms with van der Waals surface area (Å²) in [5.41, 5.74) is 9.87. The van der Waals surface area contributed by atoms with Gasteiger partial charge < -0.3 is 25.8 Å². The Hall–Kier alpha value is -4.83. The fourth-order valence-corrected chi connectivity index (χ4v) is 4.97. The molecule has 0 unspecified atom stereocenters. The van der Waals surface area contributed by atoms with E-state index in [0.29, 0.717) is 36.1 Å². The zero-order valence-corrected chi connectivity index (χ0v) is 26.0. The number of benzene rings is 3. The second kappa shape index (κ2) is 17.5. The van der Waals surface area contributed by atoms with Crippen molar-refractivity contribution < 1.29 is 33.4 Å². The van der Waals surface area contributed by atoms with E-state index in [1.165, 1.54) is 0 Å². The highest BCUT2D eigenvalue weighted by molar-refractivity contribution is 6.40. The van der Waals surface area contributed by atoms with Gasteiger partial charge in [-0.3, -0.25) is 14.4 Å². The first-order valence-corrected chi connectivity index (χ1v) is 14.9. The summed E-state index contributed by atoms with van der Waals surface area (Å²) in [6.45, 7) is 5.03. The average Bonchev–Trinajstić information content (AvgIpc) is 3.02. The van der Waals surface area contributed by atoms with Crippen molar-refractivity contribution in [1.29, 1.82) is 0 Å². The molecular formula is C35H41N3O7. The molecule has 2 amide bonds. The molecule has 4 N–H and O–H groups in total. The number of Topliss-reactive ketones (excluding diaryl/α,β-unsaturated/α-hetero) is 2. The largest absolute Gasteiger partial charge is 0.454 e. The smallest absolute Gasteiger partial charge is 0.408 e. The van der Waals surface area contributed by atoms with Crippen LogP contribution in [0.4, 0.5) is 4.79 Å². The Morgan fingerprint density at radius 1 is 0.756 bits per heavy atom. The van der Waals surface area contributed by atoms with Crippen LogP contribution in [0.15, 0.2) is 72.8 Å². The first kappa shape index (κ1) is 34.7. The molecular weight excluding hydrogens is 574 g/mol. The number of carbonyl (C=O) groups is 5. The molecule has 2 atom stereocenters. The van der Waals surface area contributed by atoms with Crippen LogP contribution in [0.2, 0.25) is 0 Å². The Kier molecular flexibility index (Phi) is 13.4. The Morgan fingerprint density at radius 2 is 1.36 bits per heavy atom. The van der Waals surface area contributed by atoms with Crippen molar-refractivity contribution in [1.82, 2.24) is 10.6 Å². The minimum Gasteiger partial charge on any atom is -0.454 e. The summed E-state index contributed by atoms with van der Waals surface area (Å²) in [7, 11) is 0. The molecule has 0 spiro atoms. The molecule has 0 aliphatic rings. The van der Waals surface area contributed by atoms with Crippen LogP contribution in [-0.4, -0.2) is 54.8 Å². The van der Waals surface area contributed by atoms with Crippen LogP contribution in [0.25, 0.3) is 0 Å². The van der Waals surface area contributed by atoms with Gasteiger partial charge in [-0.2, -0.15) is 0 Å². The standard InChI is InChI=1S/C35H41N3O7/c1-23-18-24(2)31(25(3)19-23)34(42)44-22-30(39)32(40)28(16-10-11-17-36)37-33(41)29(20-26-12-6-4-7-13-26)38-35(43)45-21-27-14-8-5-9-15-27/h4-9,12-15,18-19,28-29H,10-11,16-17,20-22,36H2,1-3H3,(H,37,41)(H,38,43)/t28-,29-/m0/s1. The lowest BCUT2D eigenvalue weighted by Crippen LogP contribution is -2.53. The Balaban J connectivity index is 1.70. The molecule has 0 aliphatic carbocycles. The van der Waals surface area contributed by atoms with Crippen LogP contribution in [-0.2, 0) is 36.9 Å². The predicted molar refractivity (Wildman–Crippen MR) is 169 cm³/mol. The summed E-state index contributed by atoms with van der Waals surface area (Å²) in [5, 5.41) is 5.23. The fraction of sp³-hybridized carbons (Fsp3) is 0.343. The number of rotatable bonds is 16. The quantitative estimate of drug-likeness (QED) is 0.124. The maximum Gasteiger partial charge on any atom is 0.408 e. The zero-order valence-electron chi connectivity index (χ0n) is 26.0. The summed E-state index contributed by atoms with van der Waals surface area (Å²) in [6.07, 6.45) is 0.446. The average molecular weight is 616 g/mol. The maximum atomic E-state index is 13.5. The van der Waals surface area contributed by atoms with Gasteiger partial charge in [0.1, 0.15) is 12.6 Å². The summed E-state index contributed by atoms with van der Waals surface area (Å²) in [5.74, 6) is -3.25. The molecule has 0 aromatic heterocycles. The van der Waals surface area contributed by atoms with Gasteiger partial charge in [-0.15, -0.1) is 0 Å². The van der Waals surface area contributed by atoms with Crippen LogP contribution >= 0.6 is 0 Å². The fourth-order valence-electron chi connectivity index (χ4n) is 4.97. The maximum absolute atomic E-state index is 13.5. The first-order valence-electron chi connectivity index (χ1n) is 14.9. The molecule has 238 valence electrons. The van der Waals surface area contributed by atoms with E-state index >= 15 is 0 Å². The van der Waals surface area contributed by atoms with Gasteiger partial charge in [-0.25, -0.2) is 9.59 Å². The van der Waals surface area contributed by atoms with E-state index in [1.54, 1.807) is 50.2 Å². The van der Waals surface area contributed by atoms with Gasteiger partial charge in [0.15, 0.2) is 6.61 Å². The Labute approximate surface area is 263 Å². The van der Waals surface area contributed by atoms with Crippen molar-refractivity contribution in [2.24, 2.45) is 5.73 Å². The van der Waals surface area contributed by atoms with E-state index in [1.807, 2.05) is 43.3 Å². The van der Waals surface area contributed by atoms with Gasteiger partial charge in [0.2, 0.25) is 17.5 Å². The molecule has 0 radical (unpaired) electrons. The van der Waals surface area contributed by atoms with Gasteiger partial charge in [0.05, 0.1) is 11.6 Å². The third-order valence-corrected chi connectivity index (χ3v) is 7.17. The number of aryl methyl sites for hydroxylation is 3. The minimum absolute atomic E-state index is 0.00140. The lowest BCUT2D eigenvalue weighted by molar-refractivity contribution is -0.140. The number of ketones is 2. The zero-order chi connectivity index (χ0) is 32.8. The second-order valence-corrected chi connectivity index (χ2v) is 10.9. The molecule has 0 saturated carbocycles. The van der Waals surface area contributed by atoms with E-state index in [4.69, 9.17) is 15.2 Å². The minimum atomic E-state index is -1.21. The van der Waals surface area contributed by atoms with Gasteiger partial charge in [-0.1, -0.05) is 78.4 Å². The summed E-state index contributed by atoms with van der Waals surface area (Å²) in [4.78, 5) is 65.2. The van der Waals surface area contributed by atoms with Crippen molar-refractivity contribution in [2.45, 2.75) is 65.1 Å². The molecule has 0 bridgehead atoms. The van der Waals surface area contributed by atoms with Gasteiger partial charge in [-0.05, 0) is 68.8 Å². The number of carbonyl (C=O) groups excluding carboxylic acids is 5. The van der Waals surface area contributed by atoms with Crippen molar-refractivity contribution in [3.63, 3.8) is 0 Å². The number of nitrogens with one attached hydrogen (secondary N) is 2. The highest BCUT2D eigenvalue weighted by Crippen LogP contribution is 2.17. The molecule has 10 heteroatoms. The lowest BCUT2D eigenvalue weighted by atomic mass is 9.99. The molecule has 3 aromatic carbocycles. The Bertz CT molecular complexity index is 1450. The van der Waals surface area contributed by atoms with Gasteiger partial charge in [0, 0.05) is 6.42 Å².